The largest absolute Gasteiger partial charge is 0.504 e. The summed E-state index contributed by atoms with van der Waals surface area (Å²) in [6, 6.07) is 16.5. The summed E-state index contributed by atoms with van der Waals surface area (Å²) in [5.41, 5.74) is 1.13. The van der Waals surface area contributed by atoms with Gasteiger partial charge in [-0.2, -0.15) is 0 Å². The molecule has 0 spiro atoms. The van der Waals surface area contributed by atoms with Crippen molar-refractivity contribution in [1.29, 1.82) is 0 Å². The van der Waals surface area contributed by atoms with Crippen molar-refractivity contribution in [2.24, 2.45) is 0 Å². The van der Waals surface area contributed by atoms with Gasteiger partial charge in [-0.05, 0) is 24.3 Å². The molecular formula is C25H21NO7. The normalized spacial score (nSPS) is 10.6. The summed E-state index contributed by atoms with van der Waals surface area (Å²) in [6.45, 7) is 0. The Labute approximate surface area is 188 Å². The molecule has 0 unspecified atom stereocenters. The number of rotatable bonds is 6. The van der Waals surface area contributed by atoms with Crippen LogP contribution < -0.4 is 25.0 Å². The van der Waals surface area contributed by atoms with Crippen LogP contribution in [0.2, 0.25) is 0 Å². The summed E-state index contributed by atoms with van der Waals surface area (Å²) in [5.74, 6) is 0.284. The van der Waals surface area contributed by atoms with Crippen molar-refractivity contribution in [3.05, 3.63) is 76.5 Å². The van der Waals surface area contributed by atoms with E-state index in [0.29, 0.717) is 22.6 Å². The van der Waals surface area contributed by atoms with E-state index in [1.807, 2.05) is 0 Å². The average molecular weight is 447 g/mol. The number of nitrogens with one attached hydrogen (secondary N) is 1. The highest BCUT2D eigenvalue weighted by Gasteiger charge is 2.19. The number of carbonyl (C=O) groups is 1. The molecule has 0 bridgehead atoms. The molecule has 4 aromatic rings. The maximum atomic E-state index is 12.8. The van der Waals surface area contributed by atoms with Crippen LogP contribution in [-0.2, 0) is 0 Å². The predicted molar refractivity (Wildman–Crippen MR) is 124 cm³/mol. The van der Waals surface area contributed by atoms with Crippen LogP contribution in [0.5, 0.6) is 23.0 Å². The summed E-state index contributed by atoms with van der Waals surface area (Å²) in [7, 11) is 4.28. The minimum Gasteiger partial charge on any atom is -0.504 e. The average Bonchev–Trinajstić information content (AvgIpc) is 2.83. The number of anilines is 1. The molecule has 2 N–H and O–H groups in total. The Kier molecular flexibility index (Phi) is 5.91. The van der Waals surface area contributed by atoms with Crippen molar-refractivity contribution in [3.8, 4) is 34.3 Å². The Bertz CT molecular complexity index is 1410. The van der Waals surface area contributed by atoms with Crippen LogP contribution in [0.25, 0.3) is 22.3 Å². The van der Waals surface area contributed by atoms with E-state index in [1.165, 1.54) is 33.5 Å². The summed E-state index contributed by atoms with van der Waals surface area (Å²) in [5, 5.41) is 13.3. The van der Waals surface area contributed by atoms with Gasteiger partial charge in [-0.1, -0.05) is 24.3 Å². The Morgan fingerprint density at radius 1 is 0.909 bits per heavy atom. The minimum absolute atomic E-state index is 0.0166. The maximum absolute atomic E-state index is 12.8. The number of aromatic hydroxyl groups is 1. The first-order valence-corrected chi connectivity index (χ1v) is 9.93. The van der Waals surface area contributed by atoms with Gasteiger partial charge in [-0.25, -0.2) is 0 Å². The van der Waals surface area contributed by atoms with Crippen LogP contribution in [-0.4, -0.2) is 32.3 Å². The number of hydrogen-bond acceptors (Lipinski definition) is 7. The number of amides is 1. The molecule has 0 atom stereocenters. The molecule has 0 radical (unpaired) electrons. The number of fused-ring (bicyclic) bond motifs is 1. The molecule has 0 aliphatic carbocycles. The minimum atomic E-state index is -0.451. The van der Waals surface area contributed by atoms with Crippen LogP contribution in [0.3, 0.4) is 0 Å². The fourth-order valence-electron chi connectivity index (χ4n) is 3.53. The van der Waals surface area contributed by atoms with Crippen molar-refractivity contribution >= 4 is 22.6 Å². The second-order valence-electron chi connectivity index (χ2n) is 7.04. The Morgan fingerprint density at radius 2 is 1.67 bits per heavy atom. The molecule has 1 amide bonds. The van der Waals surface area contributed by atoms with Crippen molar-refractivity contribution in [2.45, 2.75) is 0 Å². The van der Waals surface area contributed by atoms with E-state index < -0.39 is 5.43 Å². The van der Waals surface area contributed by atoms with Gasteiger partial charge in [0.1, 0.15) is 22.5 Å². The van der Waals surface area contributed by atoms with Gasteiger partial charge in [0.2, 0.25) is 5.75 Å². The van der Waals surface area contributed by atoms with Gasteiger partial charge in [0.15, 0.2) is 16.9 Å². The maximum Gasteiger partial charge on any atom is 0.259 e. The van der Waals surface area contributed by atoms with Crippen LogP contribution in [0.4, 0.5) is 5.69 Å². The van der Waals surface area contributed by atoms with Gasteiger partial charge in [-0.3, -0.25) is 9.59 Å². The fraction of sp³-hybridized carbons (Fsp3) is 0.120. The van der Waals surface area contributed by atoms with E-state index in [9.17, 15) is 14.7 Å². The zero-order valence-corrected chi connectivity index (χ0v) is 18.2. The van der Waals surface area contributed by atoms with Crippen LogP contribution in [0.1, 0.15) is 10.4 Å². The Morgan fingerprint density at radius 3 is 2.39 bits per heavy atom. The number of benzene rings is 3. The van der Waals surface area contributed by atoms with E-state index in [1.54, 1.807) is 48.5 Å². The molecule has 168 valence electrons. The molecule has 8 heteroatoms. The molecule has 0 aliphatic heterocycles. The van der Waals surface area contributed by atoms with Gasteiger partial charge in [0.05, 0.1) is 26.9 Å². The number of phenols is 1. The van der Waals surface area contributed by atoms with E-state index in [4.69, 9.17) is 18.6 Å². The number of methoxy groups -OCH3 is 3. The third kappa shape index (κ3) is 4.06. The lowest BCUT2D eigenvalue weighted by atomic mass is 10.1. The fourth-order valence-corrected chi connectivity index (χ4v) is 3.53. The topological polar surface area (TPSA) is 107 Å². The molecule has 0 saturated heterocycles. The van der Waals surface area contributed by atoms with E-state index in [-0.39, 0.29) is 39.9 Å². The van der Waals surface area contributed by atoms with E-state index >= 15 is 0 Å². The number of ether oxygens (including phenoxy) is 3. The first-order chi connectivity index (χ1) is 16.0. The van der Waals surface area contributed by atoms with Crippen LogP contribution in [0.15, 0.2) is 69.9 Å². The van der Waals surface area contributed by atoms with Crippen molar-refractivity contribution in [2.75, 3.05) is 26.6 Å². The standard InChI is InChI=1S/C25H21NO7/c1-30-18-10-5-4-9-16(18)25(29)26-15-8-6-7-14(11-15)19-12-17(27)22-20(33-19)13-21(31-2)24(32-3)23(22)28/h4-13,28H,1-3H3,(H,26,29). The van der Waals surface area contributed by atoms with Gasteiger partial charge < -0.3 is 29.1 Å². The summed E-state index contributed by atoms with van der Waals surface area (Å²) >= 11 is 0. The molecule has 0 saturated carbocycles. The van der Waals surface area contributed by atoms with E-state index in [0.717, 1.165) is 0 Å². The van der Waals surface area contributed by atoms with Crippen LogP contribution >= 0.6 is 0 Å². The predicted octanol–water partition coefficient (Wildman–Crippen LogP) is 4.44. The lowest BCUT2D eigenvalue weighted by Gasteiger charge is -2.12. The molecule has 33 heavy (non-hydrogen) atoms. The monoisotopic (exact) mass is 447 g/mol. The molecule has 8 nitrogen and oxygen atoms in total. The van der Waals surface area contributed by atoms with Gasteiger partial charge in [0, 0.05) is 23.4 Å². The molecule has 1 aromatic heterocycles. The van der Waals surface area contributed by atoms with Gasteiger partial charge >= 0.3 is 0 Å². The lowest BCUT2D eigenvalue weighted by Crippen LogP contribution is -2.13. The number of carbonyl (C=O) groups excluding carboxylic acids is 1. The lowest BCUT2D eigenvalue weighted by molar-refractivity contribution is 0.102. The molecule has 1 heterocycles. The highest BCUT2D eigenvalue weighted by molar-refractivity contribution is 6.06. The molecule has 4 rings (SSSR count). The van der Waals surface area contributed by atoms with E-state index in [2.05, 4.69) is 5.32 Å². The Hall–Kier alpha value is -4.46. The zero-order chi connectivity index (χ0) is 23.5. The second kappa shape index (κ2) is 8.96. The number of para-hydroxylation sites is 1. The first-order valence-electron chi connectivity index (χ1n) is 9.93. The smallest absolute Gasteiger partial charge is 0.259 e. The quantitative estimate of drug-likeness (QED) is 0.450. The van der Waals surface area contributed by atoms with Gasteiger partial charge in [-0.15, -0.1) is 0 Å². The van der Waals surface area contributed by atoms with Crippen LogP contribution in [0, 0.1) is 0 Å². The molecular weight excluding hydrogens is 426 g/mol. The van der Waals surface area contributed by atoms with Crippen molar-refractivity contribution in [3.63, 3.8) is 0 Å². The molecule has 3 aromatic carbocycles. The number of hydrogen-bond donors (Lipinski definition) is 2. The van der Waals surface area contributed by atoms with Crippen molar-refractivity contribution in [1.82, 2.24) is 0 Å². The second-order valence-corrected chi connectivity index (χ2v) is 7.04. The number of phenolic OH excluding ortho intramolecular Hbond substituents is 1. The Balaban J connectivity index is 1.73. The highest BCUT2D eigenvalue weighted by atomic mass is 16.5. The van der Waals surface area contributed by atoms with Gasteiger partial charge in [0.25, 0.3) is 5.91 Å². The SMILES string of the molecule is COc1ccccc1C(=O)Nc1cccc(-c2cc(=O)c3c(O)c(OC)c(OC)cc3o2)c1. The zero-order valence-electron chi connectivity index (χ0n) is 18.2. The summed E-state index contributed by atoms with van der Waals surface area (Å²) in [6.07, 6.45) is 0. The summed E-state index contributed by atoms with van der Waals surface area (Å²) < 4.78 is 21.5. The first kappa shape index (κ1) is 21.8. The highest BCUT2D eigenvalue weighted by Crippen LogP contribution is 2.42. The molecule has 0 aliphatic rings. The third-order valence-electron chi connectivity index (χ3n) is 5.09. The molecule has 0 fully saturated rings. The van der Waals surface area contributed by atoms with Crippen molar-refractivity contribution < 1.29 is 28.5 Å². The summed E-state index contributed by atoms with van der Waals surface area (Å²) in [4.78, 5) is 25.5. The third-order valence-corrected chi connectivity index (χ3v) is 5.09.